The lowest BCUT2D eigenvalue weighted by Gasteiger charge is -2.30. The van der Waals surface area contributed by atoms with Gasteiger partial charge in [0.25, 0.3) is 0 Å². The zero-order chi connectivity index (χ0) is 11.1. The van der Waals surface area contributed by atoms with Gasteiger partial charge in [0.2, 0.25) is 0 Å². The van der Waals surface area contributed by atoms with Crippen molar-refractivity contribution < 1.29 is 14.3 Å². The Morgan fingerprint density at radius 1 is 1.40 bits per heavy atom. The molecule has 4 heteroatoms. The molecule has 0 heterocycles. The molecule has 0 radical (unpaired) electrons. The smallest absolute Gasteiger partial charge is 0.332 e. The molecule has 2 atom stereocenters. The van der Waals surface area contributed by atoms with Crippen LogP contribution in [-0.2, 0) is 14.3 Å². The number of hydrogen-bond acceptors (Lipinski definition) is 4. The van der Waals surface area contributed by atoms with Crippen molar-refractivity contribution in [3.8, 4) is 0 Å². The molecule has 1 fully saturated rings. The third-order valence-corrected chi connectivity index (χ3v) is 2.79. The number of carbonyl (C=O) groups excluding carboxylic acids is 1. The molecule has 0 amide bonds. The van der Waals surface area contributed by atoms with Crippen molar-refractivity contribution in [1.29, 1.82) is 0 Å². The Hall–Kier alpha value is -0.610. The van der Waals surface area contributed by atoms with Crippen molar-refractivity contribution >= 4 is 5.97 Å². The predicted octanol–water partition coefficient (Wildman–Crippen LogP) is 1.10. The fraction of sp³-hybridized carbons (Fsp3) is 0.909. The lowest BCUT2D eigenvalue weighted by Crippen LogP contribution is -2.42. The first-order valence-corrected chi connectivity index (χ1v) is 5.72. The van der Waals surface area contributed by atoms with E-state index in [1.807, 2.05) is 7.05 Å². The summed E-state index contributed by atoms with van der Waals surface area (Å²) in [5, 5.41) is 3.23. The molecule has 1 N–H and O–H groups in total. The molecule has 1 aliphatic rings. The van der Waals surface area contributed by atoms with Crippen LogP contribution in [0.25, 0.3) is 0 Å². The highest BCUT2D eigenvalue weighted by atomic mass is 16.6. The first-order chi connectivity index (χ1) is 7.27. The summed E-state index contributed by atoms with van der Waals surface area (Å²) in [5.74, 6) is -0.266. The SMILES string of the molecule is CCOC(=O)COC1CCCCC1NC. The molecule has 1 saturated carbocycles. The number of ether oxygens (including phenoxy) is 2. The van der Waals surface area contributed by atoms with E-state index in [0.29, 0.717) is 12.6 Å². The molecule has 15 heavy (non-hydrogen) atoms. The summed E-state index contributed by atoms with van der Waals surface area (Å²) in [5.41, 5.74) is 0. The number of likely N-dealkylation sites (N-methyl/N-ethyl adjacent to an activating group) is 1. The number of hydrogen-bond donors (Lipinski definition) is 1. The van der Waals surface area contributed by atoms with Crippen LogP contribution in [0.4, 0.5) is 0 Å². The van der Waals surface area contributed by atoms with Crippen molar-refractivity contribution in [3.63, 3.8) is 0 Å². The van der Waals surface area contributed by atoms with E-state index in [9.17, 15) is 4.79 Å². The fourth-order valence-corrected chi connectivity index (χ4v) is 2.00. The van der Waals surface area contributed by atoms with E-state index >= 15 is 0 Å². The van der Waals surface area contributed by atoms with Gasteiger partial charge in [0.1, 0.15) is 6.61 Å². The third-order valence-electron chi connectivity index (χ3n) is 2.79. The van der Waals surface area contributed by atoms with E-state index in [2.05, 4.69) is 5.32 Å². The summed E-state index contributed by atoms with van der Waals surface area (Å²) < 4.78 is 10.4. The standard InChI is InChI=1S/C11H21NO3/c1-3-14-11(13)8-15-10-7-5-4-6-9(10)12-2/h9-10,12H,3-8H2,1-2H3. The molecule has 0 bridgehead atoms. The highest BCUT2D eigenvalue weighted by Gasteiger charge is 2.24. The van der Waals surface area contributed by atoms with E-state index in [0.717, 1.165) is 12.8 Å². The summed E-state index contributed by atoms with van der Waals surface area (Å²) in [6.07, 6.45) is 4.75. The van der Waals surface area contributed by atoms with Crippen molar-refractivity contribution in [1.82, 2.24) is 5.32 Å². The van der Waals surface area contributed by atoms with Crippen molar-refractivity contribution in [2.75, 3.05) is 20.3 Å². The highest BCUT2D eigenvalue weighted by molar-refractivity contribution is 5.70. The van der Waals surface area contributed by atoms with E-state index in [-0.39, 0.29) is 18.7 Å². The minimum Gasteiger partial charge on any atom is -0.464 e. The maximum atomic E-state index is 11.1. The molecule has 2 unspecified atom stereocenters. The maximum Gasteiger partial charge on any atom is 0.332 e. The van der Waals surface area contributed by atoms with Gasteiger partial charge < -0.3 is 14.8 Å². The number of rotatable bonds is 5. The minimum absolute atomic E-state index is 0.0800. The molecule has 4 nitrogen and oxygen atoms in total. The van der Waals surface area contributed by atoms with Crippen LogP contribution in [0.3, 0.4) is 0 Å². The monoisotopic (exact) mass is 215 g/mol. The first kappa shape index (κ1) is 12.5. The number of carbonyl (C=O) groups is 1. The van der Waals surface area contributed by atoms with Crippen LogP contribution in [0, 0.1) is 0 Å². The van der Waals surface area contributed by atoms with Crippen LogP contribution >= 0.6 is 0 Å². The Labute approximate surface area is 91.3 Å². The Balaban J connectivity index is 2.26. The molecule has 0 spiro atoms. The van der Waals surface area contributed by atoms with Gasteiger partial charge in [0.15, 0.2) is 0 Å². The van der Waals surface area contributed by atoms with Crippen LogP contribution < -0.4 is 5.32 Å². The average Bonchev–Trinajstić information content (AvgIpc) is 2.27. The topological polar surface area (TPSA) is 47.6 Å². The molecular weight excluding hydrogens is 194 g/mol. The van der Waals surface area contributed by atoms with Gasteiger partial charge >= 0.3 is 5.97 Å². The van der Waals surface area contributed by atoms with Crippen LogP contribution in [0.2, 0.25) is 0 Å². The lowest BCUT2D eigenvalue weighted by molar-refractivity contribution is -0.151. The predicted molar refractivity (Wildman–Crippen MR) is 57.7 cm³/mol. The summed E-state index contributed by atoms with van der Waals surface area (Å²) >= 11 is 0. The van der Waals surface area contributed by atoms with Crippen LogP contribution in [0.15, 0.2) is 0 Å². The maximum absolute atomic E-state index is 11.1. The van der Waals surface area contributed by atoms with Gasteiger partial charge in [-0.05, 0) is 26.8 Å². The quantitative estimate of drug-likeness (QED) is 0.698. The second-order valence-corrected chi connectivity index (χ2v) is 3.83. The van der Waals surface area contributed by atoms with Crippen LogP contribution in [0.5, 0.6) is 0 Å². The van der Waals surface area contributed by atoms with Crippen molar-refractivity contribution in [2.45, 2.75) is 44.8 Å². The zero-order valence-electron chi connectivity index (χ0n) is 9.62. The summed E-state index contributed by atoms with van der Waals surface area (Å²) in [7, 11) is 1.94. The largest absolute Gasteiger partial charge is 0.464 e. The van der Waals surface area contributed by atoms with Gasteiger partial charge in [-0.15, -0.1) is 0 Å². The lowest BCUT2D eigenvalue weighted by atomic mass is 9.92. The Bertz CT molecular complexity index is 196. The molecule has 0 aromatic carbocycles. The second-order valence-electron chi connectivity index (χ2n) is 3.83. The summed E-state index contributed by atoms with van der Waals surface area (Å²) in [6, 6.07) is 0.383. The van der Waals surface area contributed by atoms with Crippen LogP contribution in [-0.4, -0.2) is 38.4 Å². The highest BCUT2D eigenvalue weighted by Crippen LogP contribution is 2.20. The molecule has 88 valence electrons. The molecule has 0 aliphatic heterocycles. The third kappa shape index (κ3) is 4.18. The van der Waals surface area contributed by atoms with Gasteiger partial charge in [0, 0.05) is 6.04 Å². The van der Waals surface area contributed by atoms with Gasteiger partial charge in [-0.25, -0.2) is 4.79 Å². The fourth-order valence-electron chi connectivity index (χ4n) is 2.00. The molecule has 1 aliphatic carbocycles. The normalized spacial score (nSPS) is 26.3. The Morgan fingerprint density at radius 2 is 2.13 bits per heavy atom. The molecule has 0 saturated heterocycles. The number of esters is 1. The van der Waals surface area contributed by atoms with E-state index in [4.69, 9.17) is 9.47 Å². The van der Waals surface area contributed by atoms with Crippen LogP contribution in [0.1, 0.15) is 32.6 Å². The van der Waals surface area contributed by atoms with Gasteiger partial charge in [-0.3, -0.25) is 0 Å². The van der Waals surface area contributed by atoms with Crippen molar-refractivity contribution in [2.24, 2.45) is 0 Å². The van der Waals surface area contributed by atoms with Gasteiger partial charge in [0.05, 0.1) is 12.7 Å². The number of nitrogens with one attached hydrogen (secondary N) is 1. The van der Waals surface area contributed by atoms with Gasteiger partial charge in [-0.2, -0.15) is 0 Å². The van der Waals surface area contributed by atoms with E-state index in [1.165, 1.54) is 12.8 Å². The minimum atomic E-state index is -0.266. The molecule has 0 aromatic heterocycles. The summed E-state index contributed by atoms with van der Waals surface area (Å²) in [4.78, 5) is 11.1. The Kier molecular flexibility index (Phi) is 5.65. The molecular formula is C11H21NO3. The summed E-state index contributed by atoms with van der Waals surface area (Å²) in [6.45, 7) is 2.30. The second kappa shape index (κ2) is 6.80. The van der Waals surface area contributed by atoms with Crippen molar-refractivity contribution in [3.05, 3.63) is 0 Å². The van der Waals surface area contributed by atoms with Gasteiger partial charge in [-0.1, -0.05) is 12.8 Å². The van der Waals surface area contributed by atoms with E-state index in [1.54, 1.807) is 6.92 Å². The molecule has 1 rings (SSSR count). The van der Waals surface area contributed by atoms with E-state index < -0.39 is 0 Å². The zero-order valence-corrected chi connectivity index (χ0v) is 9.62. The average molecular weight is 215 g/mol. The first-order valence-electron chi connectivity index (χ1n) is 5.72. The molecule has 0 aromatic rings. The Morgan fingerprint density at radius 3 is 2.80 bits per heavy atom.